The molecule has 0 bridgehead atoms. The van der Waals surface area contributed by atoms with Crippen LogP contribution in [0.5, 0.6) is 5.75 Å². The quantitative estimate of drug-likeness (QED) is 0.587. The van der Waals surface area contributed by atoms with Crippen LogP contribution in [0.3, 0.4) is 0 Å². The van der Waals surface area contributed by atoms with Crippen molar-refractivity contribution in [1.82, 2.24) is 4.98 Å². The summed E-state index contributed by atoms with van der Waals surface area (Å²) >= 11 is 1.80. The molecule has 19 heavy (non-hydrogen) atoms. The molecule has 4 nitrogen and oxygen atoms in total. The van der Waals surface area contributed by atoms with Gasteiger partial charge < -0.3 is 9.47 Å². The lowest BCUT2D eigenvalue weighted by atomic mass is 10.2. The molecule has 0 aliphatic rings. The third-order valence-corrected chi connectivity index (χ3v) is 2.97. The summed E-state index contributed by atoms with van der Waals surface area (Å²) in [4.78, 5) is 15.3. The van der Waals surface area contributed by atoms with Crippen molar-refractivity contribution in [3.8, 4) is 5.75 Å². The molecule has 0 N–H and O–H groups in total. The largest absolute Gasteiger partial charge is 0.573 e. The zero-order valence-electron chi connectivity index (χ0n) is 10.2. The summed E-state index contributed by atoms with van der Waals surface area (Å²) in [6.45, 7) is 3.29. The summed E-state index contributed by atoms with van der Waals surface area (Å²) in [5.41, 5.74) is 0.433. The van der Waals surface area contributed by atoms with Gasteiger partial charge >= 0.3 is 12.3 Å². The predicted molar refractivity (Wildman–Crippen MR) is 68.7 cm³/mol. The fraction of sp³-hybridized carbons (Fsp3) is 0.455. The molecule has 0 spiro atoms. The minimum absolute atomic E-state index is 0.0667. The monoisotopic (exact) mass is 389 g/mol. The van der Waals surface area contributed by atoms with Crippen molar-refractivity contribution in [1.29, 1.82) is 0 Å². The number of rotatable bonds is 4. The first kappa shape index (κ1) is 16.0. The van der Waals surface area contributed by atoms with Crippen molar-refractivity contribution in [2.45, 2.75) is 26.6 Å². The Hall–Kier alpha value is -1.06. The van der Waals surface area contributed by atoms with Gasteiger partial charge in [0.15, 0.2) is 5.75 Å². The van der Waals surface area contributed by atoms with Gasteiger partial charge in [-0.1, -0.05) is 0 Å². The van der Waals surface area contributed by atoms with Crippen molar-refractivity contribution in [2.24, 2.45) is 0 Å². The van der Waals surface area contributed by atoms with E-state index in [9.17, 15) is 18.0 Å². The van der Waals surface area contributed by atoms with E-state index in [-0.39, 0.29) is 24.5 Å². The van der Waals surface area contributed by atoms with E-state index in [1.807, 2.05) is 0 Å². The topological polar surface area (TPSA) is 48.4 Å². The van der Waals surface area contributed by atoms with E-state index in [0.29, 0.717) is 9.26 Å². The first-order valence-corrected chi connectivity index (χ1v) is 6.38. The molecule has 0 fully saturated rings. The summed E-state index contributed by atoms with van der Waals surface area (Å²) in [5, 5.41) is 0. The van der Waals surface area contributed by atoms with Gasteiger partial charge in [0, 0.05) is 3.57 Å². The number of carbonyl (C=O) groups excluding carboxylic acids is 1. The molecule has 8 heteroatoms. The highest BCUT2D eigenvalue weighted by atomic mass is 127. The number of alkyl halides is 3. The van der Waals surface area contributed by atoms with E-state index in [1.54, 1.807) is 29.5 Å². The van der Waals surface area contributed by atoms with Gasteiger partial charge in [0.05, 0.1) is 24.4 Å². The third-order valence-electron chi connectivity index (χ3n) is 2.04. The molecule has 0 atom stereocenters. The molecular formula is C11H11F3INO3. The number of hydrogen-bond donors (Lipinski definition) is 0. The first-order valence-electron chi connectivity index (χ1n) is 5.30. The van der Waals surface area contributed by atoms with Crippen LogP contribution >= 0.6 is 22.6 Å². The number of nitrogens with zero attached hydrogens (tertiary/aromatic N) is 1. The highest BCUT2D eigenvalue weighted by Gasteiger charge is 2.32. The molecule has 0 saturated heterocycles. The number of aryl methyl sites for hydroxylation is 1. The Labute approximate surface area is 121 Å². The number of hydrogen-bond acceptors (Lipinski definition) is 4. The number of halogens is 4. The average Bonchev–Trinajstić information content (AvgIpc) is 2.23. The van der Waals surface area contributed by atoms with Crippen LogP contribution in [0.15, 0.2) is 6.07 Å². The van der Waals surface area contributed by atoms with E-state index in [1.165, 1.54) is 13.0 Å². The fourth-order valence-electron chi connectivity index (χ4n) is 1.31. The average molecular weight is 389 g/mol. The van der Waals surface area contributed by atoms with E-state index in [2.05, 4.69) is 9.72 Å². The molecule has 0 saturated carbocycles. The normalized spacial score (nSPS) is 11.3. The van der Waals surface area contributed by atoms with Crippen LogP contribution in [-0.2, 0) is 16.0 Å². The van der Waals surface area contributed by atoms with Crippen molar-refractivity contribution in [3.63, 3.8) is 0 Å². The summed E-state index contributed by atoms with van der Waals surface area (Å²) in [7, 11) is 0. The lowest BCUT2D eigenvalue weighted by Gasteiger charge is -2.13. The van der Waals surface area contributed by atoms with Crippen LogP contribution in [0.1, 0.15) is 18.3 Å². The summed E-state index contributed by atoms with van der Waals surface area (Å²) in [6.07, 6.45) is -4.85. The lowest BCUT2D eigenvalue weighted by Crippen LogP contribution is -2.19. The van der Waals surface area contributed by atoms with Crippen molar-refractivity contribution < 1.29 is 27.4 Å². The smallest absolute Gasteiger partial charge is 0.466 e. The summed E-state index contributed by atoms with van der Waals surface area (Å²) in [6, 6.07) is 1.20. The van der Waals surface area contributed by atoms with Crippen LogP contribution in [0, 0.1) is 10.5 Å². The van der Waals surface area contributed by atoms with Gasteiger partial charge in [-0.2, -0.15) is 0 Å². The Balaban J connectivity index is 2.94. The molecule has 106 valence electrons. The molecular weight excluding hydrogens is 378 g/mol. The van der Waals surface area contributed by atoms with Gasteiger partial charge in [-0.3, -0.25) is 9.78 Å². The van der Waals surface area contributed by atoms with Gasteiger partial charge in [0.25, 0.3) is 0 Å². The van der Waals surface area contributed by atoms with E-state index in [0.717, 1.165) is 0 Å². The first-order chi connectivity index (χ1) is 8.73. The maximum absolute atomic E-state index is 12.1. The van der Waals surface area contributed by atoms with Crippen LogP contribution < -0.4 is 4.74 Å². The van der Waals surface area contributed by atoms with Gasteiger partial charge in [-0.05, 0) is 42.5 Å². The highest BCUT2D eigenvalue weighted by molar-refractivity contribution is 14.1. The second-order valence-corrected chi connectivity index (χ2v) is 4.69. The Morgan fingerprint density at radius 1 is 1.47 bits per heavy atom. The molecule has 0 aromatic carbocycles. The van der Waals surface area contributed by atoms with Gasteiger partial charge in [-0.15, -0.1) is 13.2 Å². The molecule has 0 aliphatic carbocycles. The summed E-state index contributed by atoms with van der Waals surface area (Å²) < 4.78 is 45.4. The van der Waals surface area contributed by atoms with Crippen molar-refractivity contribution in [2.75, 3.05) is 6.61 Å². The molecule has 0 amide bonds. The molecule has 1 heterocycles. The van der Waals surface area contributed by atoms with Crippen molar-refractivity contribution in [3.05, 3.63) is 21.0 Å². The number of esters is 1. The van der Waals surface area contributed by atoms with Crippen LogP contribution in [0.25, 0.3) is 0 Å². The van der Waals surface area contributed by atoms with Crippen molar-refractivity contribution >= 4 is 28.6 Å². The minimum Gasteiger partial charge on any atom is -0.466 e. The molecule has 0 unspecified atom stereocenters. The number of aromatic nitrogens is 1. The SMILES string of the molecule is CCOC(=O)Cc1nc(C)c(OC(F)(F)F)cc1I. The number of ether oxygens (including phenoxy) is 2. The molecule has 0 aliphatic heterocycles. The maximum atomic E-state index is 12.1. The Bertz CT molecular complexity index is 477. The molecule has 1 rings (SSSR count). The number of pyridine rings is 1. The standard InChI is InChI=1S/C11H11F3INO3/c1-3-18-10(17)5-8-7(15)4-9(6(2)16-8)19-11(12,13)14/h4H,3,5H2,1-2H3. The lowest BCUT2D eigenvalue weighted by molar-refractivity contribution is -0.275. The van der Waals surface area contributed by atoms with Crippen LogP contribution in [0.2, 0.25) is 0 Å². The summed E-state index contributed by atoms with van der Waals surface area (Å²) in [5.74, 6) is -0.846. The minimum atomic E-state index is -4.77. The van der Waals surface area contributed by atoms with Gasteiger partial charge in [-0.25, -0.2) is 0 Å². The zero-order chi connectivity index (χ0) is 14.6. The van der Waals surface area contributed by atoms with Crippen LogP contribution in [-0.4, -0.2) is 23.9 Å². The Kier molecular flexibility index (Phi) is 5.39. The molecule has 1 aromatic rings. The second-order valence-electron chi connectivity index (χ2n) is 3.53. The van der Waals surface area contributed by atoms with E-state index >= 15 is 0 Å². The highest BCUT2D eigenvalue weighted by Crippen LogP contribution is 2.27. The zero-order valence-corrected chi connectivity index (χ0v) is 12.3. The third kappa shape index (κ3) is 5.21. The number of carbonyl (C=O) groups is 1. The van der Waals surface area contributed by atoms with E-state index < -0.39 is 12.3 Å². The Morgan fingerprint density at radius 2 is 2.11 bits per heavy atom. The second kappa shape index (κ2) is 6.40. The Morgan fingerprint density at radius 3 is 2.63 bits per heavy atom. The molecule has 1 aromatic heterocycles. The molecule has 0 radical (unpaired) electrons. The van der Waals surface area contributed by atoms with Crippen LogP contribution in [0.4, 0.5) is 13.2 Å². The van der Waals surface area contributed by atoms with E-state index in [4.69, 9.17) is 4.74 Å². The van der Waals surface area contributed by atoms with Gasteiger partial charge in [0.2, 0.25) is 0 Å². The fourth-order valence-corrected chi connectivity index (χ4v) is 1.91. The maximum Gasteiger partial charge on any atom is 0.573 e. The van der Waals surface area contributed by atoms with Gasteiger partial charge in [0.1, 0.15) is 0 Å². The predicted octanol–water partition coefficient (Wildman–Crippen LogP) is 3.00.